The van der Waals surface area contributed by atoms with Crippen LogP contribution in [0.4, 0.5) is 0 Å². The predicted octanol–water partition coefficient (Wildman–Crippen LogP) is 1.06. The average Bonchev–Trinajstić information content (AvgIpc) is 2.16. The number of likely N-dealkylation sites (N-methyl/N-ethyl adjacent to an activating group) is 1. The van der Waals surface area contributed by atoms with E-state index >= 15 is 0 Å². The molecule has 0 saturated carbocycles. The van der Waals surface area contributed by atoms with Crippen molar-refractivity contribution < 1.29 is 4.79 Å². The van der Waals surface area contributed by atoms with Crippen LogP contribution >= 0.6 is 0 Å². The van der Waals surface area contributed by atoms with Gasteiger partial charge in [0.25, 0.3) is 0 Å². The summed E-state index contributed by atoms with van der Waals surface area (Å²) in [5.74, 6) is 3.99. The maximum atomic E-state index is 12.0. The quantitative estimate of drug-likeness (QED) is 0.667. The molecule has 3 nitrogen and oxygen atoms in total. The molecule has 2 atom stereocenters. The van der Waals surface area contributed by atoms with Gasteiger partial charge in [-0.05, 0) is 25.3 Å². The van der Waals surface area contributed by atoms with E-state index in [1.165, 1.54) is 6.42 Å². The molecule has 1 rings (SSSR count). The number of hydrogen-bond donors (Lipinski definition) is 0. The van der Waals surface area contributed by atoms with Gasteiger partial charge in [-0.2, -0.15) is 0 Å². The highest BCUT2D eigenvalue weighted by Gasteiger charge is 2.25. The molecule has 0 N–H and O–H groups in total. The molecule has 0 aromatic carbocycles. The second-order valence-electron chi connectivity index (χ2n) is 5.12. The summed E-state index contributed by atoms with van der Waals surface area (Å²) in [5.41, 5.74) is 0. The number of amides is 1. The van der Waals surface area contributed by atoms with E-state index in [4.69, 9.17) is 6.42 Å². The normalized spacial score (nSPS) is 25.6. The van der Waals surface area contributed by atoms with E-state index in [-0.39, 0.29) is 5.91 Å². The van der Waals surface area contributed by atoms with E-state index in [1.54, 1.807) is 0 Å². The Kier molecular flexibility index (Phi) is 4.82. The van der Waals surface area contributed by atoms with Gasteiger partial charge in [0.15, 0.2) is 0 Å². The van der Waals surface area contributed by atoms with Gasteiger partial charge in [0.2, 0.25) is 5.91 Å². The summed E-state index contributed by atoms with van der Waals surface area (Å²) in [5, 5.41) is 0. The molecule has 1 fully saturated rings. The largest absolute Gasteiger partial charge is 0.341 e. The topological polar surface area (TPSA) is 23.6 Å². The van der Waals surface area contributed by atoms with Gasteiger partial charge in [-0.3, -0.25) is 9.69 Å². The molecule has 0 aromatic heterocycles. The van der Waals surface area contributed by atoms with Crippen molar-refractivity contribution in [1.29, 1.82) is 0 Å². The first kappa shape index (κ1) is 13.1. The lowest BCUT2D eigenvalue weighted by Crippen LogP contribution is -2.46. The zero-order valence-electron chi connectivity index (χ0n) is 10.6. The lowest BCUT2D eigenvalue weighted by Gasteiger charge is -2.35. The first-order chi connectivity index (χ1) is 7.52. The second-order valence-corrected chi connectivity index (χ2v) is 5.12. The number of rotatable bonds is 3. The molecular formula is C13H22N2O. The minimum Gasteiger partial charge on any atom is -0.341 e. The number of terminal acetylenes is 1. The maximum absolute atomic E-state index is 12.0. The van der Waals surface area contributed by atoms with E-state index in [1.807, 2.05) is 16.8 Å². The van der Waals surface area contributed by atoms with Crippen LogP contribution in [-0.4, -0.2) is 48.9 Å². The molecule has 0 radical (unpaired) electrons. The van der Waals surface area contributed by atoms with Crippen molar-refractivity contribution in [1.82, 2.24) is 9.80 Å². The molecule has 1 amide bonds. The molecule has 0 bridgehead atoms. The Hall–Kier alpha value is -1.01. The number of hydrogen-bond acceptors (Lipinski definition) is 2. The van der Waals surface area contributed by atoms with Crippen molar-refractivity contribution in [3.63, 3.8) is 0 Å². The van der Waals surface area contributed by atoms with Crippen LogP contribution in [0.3, 0.4) is 0 Å². The first-order valence-corrected chi connectivity index (χ1v) is 5.92. The molecule has 1 aliphatic rings. The van der Waals surface area contributed by atoms with Gasteiger partial charge < -0.3 is 4.90 Å². The number of carbonyl (C=O) groups is 1. The highest BCUT2D eigenvalue weighted by atomic mass is 16.2. The van der Waals surface area contributed by atoms with E-state index in [9.17, 15) is 4.79 Å². The minimum atomic E-state index is 0.205. The van der Waals surface area contributed by atoms with Crippen molar-refractivity contribution in [2.75, 3.05) is 33.2 Å². The fourth-order valence-corrected chi connectivity index (χ4v) is 2.41. The number of piperidine rings is 1. The second kappa shape index (κ2) is 5.91. The van der Waals surface area contributed by atoms with E-state index in [2.05, 4.69) is 19.8 Å². The van der Waals surface area contributed by atoms with Crippen LogP contribution in [0.15, 0.2) is 0 Å². The Morgan fingerprint density at radius 2 is 2.00 bits per heavy atom. The molecule has 0 spiro atoms. The third-order valence-electron chi connectivity index (χ3n) is 2.99. The molecule has 0 aliphatic carbocycles. The van der Waals surface area contributed by atoms with Gasteiger partial charge in [0.1, 0.15) is 0 Å². The molecule has 16 heavy (non-hydrogen) atoms. The summed E-state index contributed by atoms with van der Waals surface area (Å²) >= 11 is 0. The lowest BCUT2D eigenvalue weighted by atomic mass is 9.92. The summed E-state index contributed by atoms with van der Waals surface area (Å²) in [6, 6.07) is 0. The highest BCUT2D eigenvalue weighted by molar-refractivity contribution is 5.78. The van der Waals surface area contributed by atoms with E-state index < -0.39 is 0 Å². The van der Waals surface area contributed by atoms with Gasteiger partial charge in [0, 0.05) is 13.1 Å². The predicted molar refractivity (Wildman–Crippen MR) is 65.9 cm³/mol. The van der Waals surface area contributed by atoms with Crippen molar-refractivity contribution in [2.45, 2.75) is 20.3 Å². The summed E-state index contributed by atoms with van der Waals surface area (Å²) in [6.07, 6.45) is 6.44. The van der Waals surface area contributed by atoms with Gasteiger partial charge >= 0.3 is 0 Å². The fraction of sp³-hybridized carbons (Fsp3) is 0.769. The van der Waals surface area contributed by atoms with Gasteiger partial charge in [-0.25, -0.2) is 0 Å². The van der Waals surface area contributed by atoms with Crippen LogP contribution in [0.5, 0.6) is 0 Å². The summed E-state index contributed by atoms with van der Waals surface area (Å²) in [7, 11) is 1.88. The molecule has 0 aromatic rings. The Morgan fingerprint density at radius 3 is 2.50 bits per heavy atom. The van der Waals surface area contributed by atoms with Crippen LogP contribution in [0.25, 0.3) is 0 Å². The van der Waals surface area contributed by atoms with Crippen LogP contribution in [0.2, 0.25) is 0 Å². The standard InChI is InChI=1S/C13H22N2O/c1-5-6-14(4)10-13(16)15-8-11(2)7-12(3)9-15/h1,11-12H,6-10H2,2-4H3/t11-,12+. The molecule has 1 heterocycles. The SMILES string of the molecule is C#CCN(C)CC(=O)N1C[C@H](C)C[C@H](C)C1. The summed E-state index contributed by atoms with van der Waals surface area (Å²) in [4.78, 5) is 15.8. The van der Waals surface area contributed by atoms with E-state index in [0.717, 1.165) is 13.1 Å². The molecular weight excluding hydrogens is 200 g/mol. The molecule has 0 unspecified atom stereocenters. The highest BCUT2D eigenvalue weighted by Crippen LogP contribution is 2.20. The maximum Gasteiger partial charge on any atom is 0.236 e. The van der Waals surface area contributed by atoms with Crippen molar-refractivity contribution >= 4 is 5.91 Å². The summed E-state index contributed by atoms with van der Waals surface area (Å²) < 4.78 is 0. The van der Waals surface area contributed by atoms with Gasteiger partial charge in [-0.1, -0.05) is 19.8 Å². The average molecular weight is 222 g/mol. The first-order valence-electron chi connectivity index (χ1n) is 5.92. The van der Waals surface area contributed by atoms with E-state index in [0.29, 0.717) is 24.9 Å². The third-order valence-corrected chi connectivity index (χ3v) is 2.99. The summed E-state index contributed by atoms with van der Waals surface area (Å²) in [6.45, 7) is 7.18. The van der Waals surface area contributed by atoms with Crippen molar-refractivity contribution in [2.24, 2.45) is 11.8 Å². The number of likely N-dealkylation sites (tertiary alicyclic amines) is 1. The van der Waals surface area contributed by atoms with Crippen LogP contribution < -0.4 is 0 Å². The Bertz CT molecular complexity index is 272. The van der Waals surface area contributed by atoms with Gasteiger partial charge in [0.05, 0.1) is 13.1 Å². The van der Waals surface area contributed by atoms with Crippen molar-refractivity contribution in [3.05, 3.63) is 0 Å². The molecule has 1 aliphatic heterocycles. The Morgan fingerprint density at radius 1 is 1.44 bits per heavy atom. The zero-order chi connectivity index (χ0) is 12.1. The number of carbonyl (C=O) groups excluding carboxylic acids is 1. The third kappa shape index (κ3) is 3.86. The lowest BCUT2D eigenvalue weighted by molar-refractivity contribution is -0.134. The Labute approximate surface area is 98.8 Å². The fourth-order valence-electron chi connectivity index (χ4n) is 2.41. The molecule has 90 valence electrons. The monoisotopic (exact) mass is 222 g/mol. The molecule has 3 heteroatoms. The Balaban J connectivity index is 2.44. The van der Waals surface area contributed by atoms with Crippen molar-refractivity contribution in [3.8, 4) is 12.3 Å². The molecule has 1 saturated heterocycles. The van der Waals surface area contributed by atoms with Crippen LogP contribution in [-0.2, 0) is 4.79 Å². The van der Waals surface area contributed by atoms with Crippen LogP contribution in [0.1, 0.15) is 20.3 Å². The van der Waals surface area contributed by atoms with Gasteiger partial charge in [-0.15, -0.1) is 6.42 Å². The van der Waals surface area contributed by atoms with Crippen LogP contribution in [0, 0.1) is 24.2 Å². The minimum absolute atomic E-state index is 0.205. The zero-order valence-corrected chi connectivity index (χ0v) is 10.6. The smallest absolute Gasteiger partial charge is 0.236 e. The number of nitrogens with zero attached hydrogens (tertiary/aromatic N) is 2.